The SMILES string of the molecule is COCCCc1cccc2oc(CO)c(C)c12. The standard InChI is InChI=1S/C14H18O3/c1-10-13(9-15)17-12-7-3-5-11(14(10)12)6-4-8-16-2/h3,5,7,15H,4,6,8-9H2,1-2H3. The third-order valence-electron chi connectivity index (χ3n) is 3.08. The van der Waals surface area contributed by atoms with Crippen LogP contribution < -0.4 is 0 Å². The molecule has 1 heterocycles. The Morgan fingerprint density at radius 1 is 1.35 bits per heavy atom. The molecule has 0 radical (unpaired) electrons. The highest BCUT2D eigenvalue weighted by Crippen LogP contribution is 2.29. The lowest BCUT2D eigenvalue weighted by Gasteiger charge is -2.03. The van der Waals surface area contributed by atoms with Crippen LogP contribution in [0, 0.1) is 6.92 Å². The Hall–Kier alpha value is -1.32. The Bertz CT molecular complexity index is 499. The summed E-state index contributed by atoms with van der Waals surface area (Å²) in [5, 5.41) is 10.4. The number of aryl methyl sites for hydroxylation is 2. The lowest BCUT2D eigenvalue weighted by Crippen LogP contribution is -1.93. The molecular weight excluding hydrogens is 216 g/mol. The smallest absolute Gasteiger partial charge is 0.134 e. The van der Waals surface area contributed by atoms with Crippen LogP contribution in [-0.4, -0.2) is 18.8 Å². The van der Waals surface area contributed by atoms with Crippen LogP contribution in [0.15, 0.2) is 22.6 Å². The predicted octanol–water partition coefficient (Wildman–Crippen LogP) is 2.81. The molecule has 3 heteroatoms. The third kappa shape index (κ3) is 2.35. The molecule has 2 rings (SSSR count). The molecule has 0 unspecified atom stereocenters. The molecule has 0 fully saturated rings. The van der Waals surface area contributed by atoms with E-state index in [-0.39, 0.29) is 6.61 Å². The number of hydrogen-bond donors (Lipinski definition) is 1. The average Bonchev–Trinajstić information content (AvgIpc) is 2.67. The van der Waals surface area contributed by atoms with Gasteiger partial charge in [-0.05, 0) is 31.4 Å². The lowest BCUT2D eigenvalue weighted by molar-refractivity contribution is 0.195. The van der Waals surface area contributed by atoms with Crippen molar-refractivity contribution in [1.82, 2.24) is 0 Å². The van der Waals surface area contributed by atoms with Crippen molar-refractivity contribution in [2.75, 3.05) is 13.7 Å². The highest BCUT2D eigenvalue weighted by atomic mass is 16.5. The van der Waals surface area contributed by atoms with E-state index in [1.54, 1.807) is 7.11 Å². The number of aliphatic hydroxyl groups excluding tert-OH is 1. The summed E-state index contributed by atoms with van der Waals surface area (Å²) in [6.07, 6.45) is 1.96. The number of hydrogen-bond acceptors (Lipinski definition) is 3. The molecule has 0 amide bonds. The van der Waals surface area contributed by atoms with Gasteiger partial charge >= 0.3 is 0 Å². The van der Waals surface area contributed by atoms with E-state index in [1.165, 1.54) is 5.56 Å². The quantitative estimate of drug-likeness (QED) is 0.809. The van der Waals surface area contributed by atoms with Crippen molar-refractivity contribution in [3.05, 3.63) is 35.1 Å². The van der Waals surface area contributed by atoms with Crippen molar-refractivity contribution in [3.63, 3.8) is 0 Å². The van der Waals surface area contributed by atoms with E-state index in [1.807, 2.05) is 19.1 Å². The normalized spacial score (nSPS) is 11.2. The summed E-state index contributed by atoms with van der Waals surface area (Å²) < 4.78 is 10.7. The summed E-state index contributed by atoms with van der Waals surface area (Å²) in [6.45, 7) is 2.72. The number of methoxy groups -OCH3 is 1. The van der Waals surface area contributed by atoms with Crippen LogP contribution in [0.3, 0.4) is 0 Å². The minimum absolute atomic E-state index is 0.0436. The van der Waals surface area contributed by atoms with Crippen molar-refractivity contribution in [2.24, 2.45) is 0 Å². The molecule has 0 saturated heterocycles. The molecule has 0 bridgehead atoms. The summed E-state index contributed by atoms with van der Waals surface area (Å²) in [6, 6.07) is 6.05. The van der Waals surface area contributed by atoms with Gasteiger partial charge in [-0.2, -0.15) is 0 Å². The molecule has 0 spiro atoms. The fraction of sp³-hybridized carbons (Fsp3) is 0.429. The molecule has 17 heavy (non-hydrogen) atoms. The Balaban J connectivity index is 2.38. The summed E-state index contributed by atoms with van der Waals surface area (Å²) >= 11 is 0. The molecule has 0 saturated carbocycles. The van der Waals surface area contributed by atoms with Crippen LogP contribution in [0.2, 0.25) is 0 Å². The van der Waals surface area contributed by atoms with Crippen molar-refractivity contribution in [2.45, 2.75) is 26.4 Å². The van der Waals surface area contributed by atoms with Crippen LogP contribution in [0.25, 0.3) is 11.0 Å². The van der Waals surface area contributed by atoms with E-state index in [0.717, 1.165) is 36.0 Å². The van der Waals surface area contributed by atoms with Gasteiger partial charge in [0.05, 0.1) is 0 Å². The van der Waals surface area contributed by atoms with Gasteiger partial charge in [0.1, 0.15) is 18.0 Å². The van der Waals surface area contributed by atoms with Crippen molar-refractivity contribution >= 4 is 11.0 Å². The third-order valence-corrected chi connectivity index (χ3v) is 3.08. The maximum atomic E-state index is 9.21. The van der Waals surface area contributed by atoms with Crippen LogP contribution in [0.1, 0.15) is 23.3 Å². The van der Waals surface area contributed by atoms with Gasteiger partial charge < -0.3 is 14.3 Å². The van der Waals surface area contributed by atoms with Crippen LogP contribution >= 0.6 is 0 Å². The van der Waals surface area contributed by atoms with E-state index >= 15 is 0 Å². The first-order valence-corrected chi connectivity index (χ1v) is 5.87. The molecular formula is C14H18O3. The van der Waals surface area contributed by atoms with Crippen LogP contribution in [0.5, 0.6) is 0 Å². The summed E-state index contributed by atoms with van der Waals surface area (Å²) in [4.78, 5) is 0. The zero-order valence-corrected chi connectivity index (χ0v) is 10.3. The molecule has 3 nitrogen and oxygen atoms in total. The minimum Gasteiger partial charge on any atom is -0.458 e. The summed E-state index contributed by atoms with van der Waals surface area (Å²) in [5.41, 5.74) is 3.18. The number of benzene rings is 1. The highest BCUT2D eigenvalue weighted by Gasteiger charge is 2.12. The van der Waals surface area contributed by atoms with Crippen molar-refractivity contribution < 1.29 is 14.3 Å². The molecule has 0 atom stereocenters. The molecule has 1 aromatic heterocycles. The fourth-order valence-electron chi connectivity index (χ4n) is 2.20. The van der Waals surface area contributed by atoms with Gasteiger partial charge in [-0.15, -0.1) is 0 Å². The molecule has 2 aromatic rings. The molecule has 1 N–H and O–H groups in total. The maximum absolute atomic E-state index is 9.21. The summed E-state index contributed by atoms with van der Waals surface area (Å²) in [7, 11) is 1.72. The second kappa shape index (κ2) is 5.34. The second-order valence-corrected chi connectivity index (χ2v) is 4.19. The second-order valence-electron chi connectivity index (χ2n) is 4.19. The molecule has 0 aliphatic rings. The summed E-state index contributed by atoms with van der Waals surface area (Å²) in [5.74, 6) is 0.666. The van der Waals surface area contributed by atoms with Gasteiger partial charge in [-0.3, -0.25) is 0 Å². The van der Waals surface area contributed by atoms with E-state index in [9.17, 15) is 5.11 Å². The minimum atomic E-state index is -0.0436. The Kier molecular flexibility index (Phi) is 3.82. The van der Waals surface area contributed by atoms with Gasteiger partial charge in [-0.25, -0.2) is 0 Å². The van der Waals surface area contributed by atoms with E-state index in [0.29, 0.717) is 5.76 Å². The number of furan rings is 1. The first kappa shape index (κ1) is 12.1. The Morgan fingerprint density at radius 3 is 2.88 bits per heavy atom. The number of fused-ring (bicyclic) bond motifs is 1. The van der Waals surface area contributed by atoms with Crippen molar-refractivity contribution in [3.8, 4) is 0 Å². The van der Waals surface area contributed by atoms with Crippen LogP contribution in [-0.2, 0) is 17.8 Å². The zero-order chi connectivity index (χ0) is 12.3. The largest absolute Gasteiger partial charge is 0.458 e. The number of rotatable bonds is 5. The monoisotopic (exact) mass is 234 g/mol. The molecule has 92 valence electrons. The van der Waals surface area contributed by atoms with Gasteiger partial charge in [-0.1, -0.05) is 12.1 Å². The fourth-order valence-corrected chi connectivity index (χ4v) is 2.20. The molecule has 0 aliphatic heterocycles. The average molecular weight is 234 g/mol. The zero-order valence-electron chi connectivity index (χ0n) is 10.3. The Labute approximate surface area is 101 Å². The van der Waals surface area contributed by atoms with Gasteiger partial charge in [0, 0.05) is 24.7 Å². The van der Waals surface area contributed by atoms with E-state index < -0.39 is 0 Å². The topological polar surface area (TPSA) is 42.6 Å². The molecule has 1 aromatic carbocycles. The van der Waals surface area contributed by atoms with Crippen LogP contribution in [0.4, 0.5) is 0 Å². The number of aliphatic hydroxyl groups is 1. The first-order chi connectivity index (χ1) is 8.27. The van der Waals surface area contributed by atoms with Gasteiger partial charge in [0.2, 0.25) is 0 Å². The highest BCUT2D eigenvalue weighted by molar-refractivity contribution is 5.85. The Morgan fingerprint density at radius 2 is 2.18 bits per heavy atom. The molecule has 0 aliphatic carbocycles. The van der Waals surface area contributed by atoms with Crippen molar-refractivity contribution in [1.29, 1.82) is 0 Å². The maximum Gasteiger partial charge on any atom is 0.134 e. The first-order valence-electron chi connectivity index (χ1n) is 5.87. The lowest BCUT2D eigenvalue weighted by atomic mass is 10.0. The van der Waals surface area contributed by atoms with Gasteiger partial charge in [0.25, 0.3) is 0 Å². The van der Waals surface area contributed by atoms with E-state index in [2.05, 4.69) is 6.07 Å². The number of ether oxygens (including phenoxy) is 1. The van der Waals surface area contributed by atoms with E-state index in [4.69, 9.17) is 9.15 Å². The predicted molar refractivity (Wildman–Crippen MR) is 67.1 cm³/mol. The van der Waals surface area contributed by atoms with Gasteiger partial charge in [0.15, 0.2) is 0 Å².